The molecule has 25 heavy (non-hydrogen) atoms. The van der Waals surface area contributed by atoms with Crippen molar-refractivity contribution in [3.8, 4) is 11.5 Å². The summed E-state index contributed by atoms with van der Waals surface area (Å²) in [6.45, 7) is 3.86. The number of benzene rings is 1. The van der Waals surface area contributed by atoms with Crippen molar-refractivity contribution in [1.82, 2.24) is 9.80 Å². The largest absolute Gasteiger partial charge is 0.493 e. The molecular formula is C18H25ClN2O4. The van der Waals surface area contributed by atoms with Crippen LogP contribution in [-0.2, 0) is 16.0 Å². The third kappa shape index (κ3) is 5.01. The molecule has 1 fully saturated rings. The van der Waals surface area contributed by atoms with Gasteiger partial charge in [0, 0.05) is 32.6 Å². The molecule has 0 aromatic heterocycles. The molecule has 1 heterocycles. The maximum Gasteiger partial charge on any atom is 0.240 e. The zero-order valence-corrected chi connectivity index (χ0v) is 15.7. The van der Waals surface area contributed by atoms with Crippen LogP contribution in [0.5, 0.6) is 11.5 Å². The Balaban J connectivity index is 1.84. The average molecular weight is 369 g/mol. The van der Waals surface area contributed by atoms with Crippen LogP contribution in [0.2, 0.25) is 0 Å². The van der Waals surface area contributed by atoms with E-state index >= 15 is 0 Å². The zero-order valence-electron chi connectivity index (χ0n) is 15.0. The molecule has 0 aliphatic carbocycles. The molecule has 1 aromatic carbocycles. The first-order chi connectivity index (χ1) is 12.0. The highest BCUT2D eigenvalue weighted by molar-refractivity contribution is 6.30. The lowest BCUT2D eigenvalue weighted by molar-refractivity contribution is -0.139. The molecule has 0 radical (unpaired) electrons. The number of piperazine rings is 1. The molecule has 1 aromatic rings. The molecule has 2 amide bonds. The average Bonchev–Trinajstić information content (AvgIpc) is 2.65. The number of hydrogen-bond acceptors (Lipinski definition) is 4. The molecule has 6 nitrogen and oxygen atoms in total. The van der Waals surface area contributed by atoms with Crippen LogP contribution in [0.4, 0.5) is 0 Å². The minimum Gasteiger partial charge on any atom is -0.493 e. The van der Waals surface area contributed by atoms with Gasteiger partial charge in [0.15, 0.2) is 11.5 Å². The van der Waals surface area contributed by atoms with Gasteiger partial charge in [0.05, 0.1) is 14.2 Å². The van der Waals surface area contributed by atoms with Crippen LogP contribution in [0.15, 0.2) is 18.2 Å². The topological polar surface area (TPSA) is 59.1 Å². The Hall–Kier alpha value is -1.95. The van der Waals surface area contributed by atoms with Gasteiger partial charge in [-0.2, -0.15) is 0 Å². The van der Waals surface area contributed by atoms with Crippen LogP contribution >= 0.6 is 11.6 Å². The predicted molar refractivity (Wildman–Crippen MR) is 96.3 cm³/mol. The van der Waals surface area contributed by atoms with Crippen LogP contribution in [0.3, 0.4) is 0 Å². The van der Waals surface area contributed by atoms with Crippen molar-refractivity contribution in [2.45, 2.75) is 25.1 Å². The monoisotopic (exact) mass is 368 g/mol. The van der Waals surface area contributed by atoms with Crippen molar-refractivity contribution in [1.29, 1.82) is 0 Å². The van der Waals surface area contributed by atoms with Gasteiger partial charge < -0.3 is 19.3 Å². The fourth-order valence-corrected chi connectivity index (χ4v) is 3.01. The van der Waals surface area contributed by atoms with Crippen LogP contribution in [-0.4, -0.2) is 67.4 Å². The molecule has 2 rings (SSSR count). The number of halogens is 1. The van der Waals surface area contributed by atoms with Crippen LogP contribution < -0.4 is 9.47 Å². The number of methoxy groups -OCH3 is 2. The maximum absolute atomic E-state index is 12.4. The summed E-state index contributed by atoms with van der Waals surface area (Å²) >= 11 is 5.83. The molecule has 7 heteroatoms. The van der Waals surface area contributed by atoms with E-state index in [2.05, 4.69) is 0 Å². The van der Waals surface area contributed by atoms with Crippen LogP contribution in [0.25, 0.3) is 0 Å². The second-order valence-corrected chi connectivity index (χ2v) is 6.67. The lowest BCUT2D eigenvalue weighted by atomic mass is 10.1. The van der Waals surface area contributed by atoms with E-state index in [4.69, 9.17) is 21.1 Å². The van der Waals surface area contributed by atoms with Gasteiger partial charge in [-0.1, -0.05) is 6.07 Å². The van der Waals surface area contributed by atoms with Crippen molar-refractivity contribution in [2.24, 2.45) is 0 Å². The fraction of sp³-hybridized carbons (Fsp3) is 0.556. The van der Waals surface area contributed by atoms with E-state index in [0.717, 1.165) is 5.56 Å². The Morgan fingerprint density at radius 3 is 2.24 bits per heavy atom. The Morgan fingerprint density at radius 2 is 1.68 bits per heavy atom. The lowest BCUT2D eigenvalue weighted by Gasteiger charge is -2.35. The van der Waals surface area contributed by atoms with Gasteiger partial charge in [-0.05, 0) is 31.0 Å². The first-order valence-electron chi connectivity index (χ1n) is 8.37. The minimum absolute atomic E-state index is 0.0703. The number of rotatable bonds is 6. The van der Waals surface area contributed by atoms with Crippen molar-refractivity contribution in [3.05, 3.63) is 23.8 Å². The number of carbonyl (C=O) groups excluding carboxylic acids is 2. The summed E-state index contributed by atoms with van der Waals surface area (Å²) in [5.41, 5.74) is 1.02. The fourth-order valence-electron chi connectivity index (χ4n) is 2.87. The smallest absolute Gasteiger partial charge is 0.240 e. The highest BCUT2D eigenvalue weighted by Gasteiger charge is 2.25. The third-order valence-corrected chi connectivity index (χ3v) is 4.55. The first kappa shape index (κ1) is 19.4. The Morgan fingerprint density at radius 1 is 1.08 bits per heavy atom. The van der Waals surface area contributed by atoms with E-state index in [1.807, 2.05) is 23.1 Å². The number of nitrogens with zero attached hydrogens (tertiary/aromatic N) is 2. The van der Waals surface area contributed by atoms with Crippen molar-refractivity contribution < 1.29 is 19.1 Å². The molecule has 0 N–H and O–H groups in total. The van der Waals surface area contributed by atoms with E-state index in [-0.39, 0.29) is 11.8 Å². The summed E-state index contributed by atoms with van der Waals surface area (Å²) in [4.78, 5) is 27.8. The zero-order chi connectivity index (χ0) is 18.4. The highest BCUT2D eigenvalue weighted by atomic mass is 35.5. The standard InChI is InChI=1S/C18H25ClN2O4/c1-13(19)18(23)21-10-8-20(9-11-21)17(22)7-5-14-4-6-15(24-2)16(12-14)25-3/h4,6,12-13H,5,7-11H2,1-3H3. The number of hydrogen-bond donors (Lipinski definition) is 0. The Bertz CT molecular complexity index is 613. The summed E-state index contributed by atoms with van der Waals surface area (Å²) in [7, 11) is 3.19. The van der Waals surface area contributed by atoms with Crippen molar-refractivity contribution in [3.63, 3.8) is 0 Å². The second-order valence-electron chi connectivity index (χ2n) is 6.01. The van der Waals surface area contributed by atoms with E-state index in [1.165, 1.54) is 0 Å². The predicted octanol–water partition coefficient (Wildman–Crippen LogP) is 1.93. The quantitative estimate of drug-likeness (QED) is 0.720. The van der Waals surface area contributed by atoms with Crippen molar-refractivity contribution >= 4 is 23.4 Å². The van der Waals surface area contributed by atoms with Gasteiger partial charge in [0.2, 0.25) is 11.8 Å². The number of ether oxygens (including phenoxy) is 2. The normalized spacial score (nSPS) is 15.7. The van der Waals surface area contributed by atoms with Gasteiger partial charge in [0.25, 0.3) is 0 Å². The first-order valence-corrected chi connectivity index (χ1v) is 8.81. The van der Waals surface area contributed by atoms with Gasteiger partial charge in [-0.25, -0.2) is 0 Å². The molecule has 1 saturated heterocycles. The maximum atomic E-state index is 12.4. The van der Waals surface area contributed by atoms with Crippen LogP contribution in [0, 0.1) is 0 Å². The molecule has 0 saturated carbocycles. The van der Waals surface area contributed by atoms with E-state index in [0.29, 0.717) is 50.5 Å². The highest BCUT2D eigenvalue weighted by Crippen LogP contribution is 2.28. The van der Waals surface area contributed by atoms with Gasteiger partial charge >= 0.3 is 0 Å². The summed E-state index contributed by atoms with van der Waals surface area (Å²) in [6.07, 6.45) is 1.06. The van der Waals surface area contributed by atoms with Gasteiger partial charge in [-0.3, -0.25) is 9.59 Å². The Kier molecular flexibility index (Phi) is 6.93. The number of amides is 2. The molecule has 0 bridgehead atoms. The number of aryl methyl sites for hydroxylation is 1. The van der Waals surface area contributed by atoms with Crippen LogP contribution in [0.1, 0.15) is 18.9 Å². The summed E-state index contributed by atoms with van der Waals surface area (Å²) in [6, 6.07) is 5.67. The second kappa shape index (κ2) is 8.94. The molecule has 0 spiro atoms. The molecule has 1 unspecified atom stereocenters. The molecule has 138 valence electrons. The van der Waals surface area contributed by atoms with Gasteiger partial charge in [0.1, 0.15) is 5.38 Å². The Labute approximate surface area is 153 Å². The number of carbonyl (C=O) groups is 2. The molecule has 1 aliphatic heterocycles. The third-order valence-electron chi connectivity index (χ3n) is 4.36. The molecule has 1 aliphatic rings. The summed E-state index contributed by atoms with van der Waals surface area (Å²) in [5, 5.41) is -0.521. The lowest BCUT2D eigenvalue weighted by Crippen LogP contribution is -2.52. The van der Waals surface area contributed by atoms with Gasteiger partial charge in [-0.15, -0.1) is 11.6 Å². The van der Waals surface area contributed by atoms with E-state index < -0.39 is 5.38 Å². The minimum atomic E-state index is -0.521. The summed E-state index contributed by atoms with van der Waals surface area (Å²) in [5.74, 6) is 1.36. The molecule has 1 atom stereocenters. The number of alkyl halides is 1. The molecular weight excluding hydrogens is 344 g/mol. The van der Waals surface area contributed by atoms with Crippen molar-refractivity contribution in [2.75, 3.05) is 40.4 Å². The van der Waals surface area contributed by atoms with E-state index in [9.17, 15) is 9.59 Å². The SMILES string of the molecule is COc1ccc(CCC(=O)N2CCN(C(=O)C(C)Cl)CC2)cc1OC. The summed E-state index contributed by atoms with van der Waals surface area (Å²) < 4.78 is 10.5. The van der Waals surface area contributed by atoms with E-state index in [1.54, 1.807) is 26.0 Å².